The molecule has 2 aromatic rings. The van der Waals surface area contributed by atoms with Crippen LogP contribution in [-0.2, 0) is 11.2 Å². The van der Waals surface area contributed by atoms with Crippen molar-refractivity contribution in [2.75, 3.05) is 6.61 Å². The van der Waals surface area contributed by atoms with Crippen LogP contribution in [0.4, 0.5) is 0 Å². The standard InChI is InChI=1S/C22H27NO3/c1-13-10-14(2)17-11-19(18(12-24)16-8-6-5-7-9-16)22(4,21(23)25)26-20(17)15(13)3/h5-10,18-19,24H,11-12H2,1-4H3,(H2,23,25)/t18-,19?,22?/m1/s1. The number of aryl methyl sites for hydroxylation is 2. The summed E-state index contributed by atoms with van der Waals surface area (Å²) in [5.41, 5.74) is 10.0. The minimum Gasteiger partial charge on any atom is -0.477 e. The third-order valence-electron chi connectivity index (χ3n) is 5.96. The smallest absolute Gasteiger partial charge is 0.261 e. The van der Waals surface area contributed by atoms with E-state index >= 15 is 0 Å². The maximum atomic E-state index is 12.4. The number of carbonyl (C=O) groups is 1. The molecule has 2 unspecified atom stereocenters. The predicted octanol–water partition coefficient (Wildman–Crippen LogP) is 3.18. The Morgan fingerprint density at radius 3 is 2.50 bits per heavy atom. The third-order valence-corrected chi connectivity index (χ3v) is 5.96. The molecular weight excluding hydrogens is 326 g/mol. The zero-order chi connectivity index (χ0) is 19.1. The van der Waals surface area contributed by atoms with E-state index in [4.69, 9.17) is 10.5 Å². The molecule has 3 N–H and O–H groups in total. The van der Waals surface area contributed by atoms with E-state index in [1.165, 1.54) is 0 Å². The average molecular weight is 353 g/mol. The molecule has 1 aliphatic heterocycles. The molecule has 0 saturated heterocycles. The van der Waals surface area contributed by atoms with Crippen LogP contribution in [-0.4, -0.2) is 23.2 Å². The van der Waals surface area contributed by atoms with Gasteiger partial charge in [-0.3, -0.25) is 4.79 Å². The second-order valence-corrected chi connectivity index (χ2v) is 7.53. The first-order valence-corrected chi connectivity index (χ1v) is 9.04. The Hall–Kier alpha value is -2.33. The van der Waals surface area contributed by atoms with Crippen LogP contribution < -0.4 is 10.5 Å². The molecule has 0 fully saturated rings. The van der Waals surface area contributed by atoms with Crippen molar-refractivity contribution in [1.29, 1.82) is 0 Å². The van der Waals surface area contributed by atoms with Crippen molar-refractivity contribution in [3.8, 4) is 5.75 Å². The van der Waals surface area contributed by atoms with E-state index in [1.54, 1.807) is 6.92 Å². The minimum atomic E-state index is -1.18. The topological polar surface area (TPSA) is 72.5 Å². The molecule has 2 aromatic carbocycles. The summed E-state index contributed by atoms with van der Waals surface area (Å²) >= 11 is 0. The fourth-order valence-corrected chi connectivity index (χ4v) is 4.12. The molecule has 4 heteroatoms. The normalized spacial score (nSPS) is 23.0. The Kier molecular flexibility index (Phi) is 4.80. The van der Waals surface area contributed by atoms with Gasteiger partial charge in [0, 0.05) is 11.8 Å². The monoisotopic (exact) mass is 353 g/mol. The highest BCUT2D eigenvalue weighted by Gasteiger charge is 2.50. The first-order chi connectivity index (χ1) is 12.3. The summed E-state index contributed by atoms with van der Waals surface area (Å²) in [6.07, 6.45) is 0.641. The molecular formula is C22H27NO3. The van der Waals surface area contributed by atoms with Gasteiger partial charge in [0.1, 0.15) is 5.75 Å². The first-order valence-electron chi connectivity index (χ1n) is 9.04. The number of aliphatic hydroxyl groups is 1. The van der Waals surface area contributed by atoms with Crippen LogP contribution in [0.15, 0.2) is 36.4 Å². The van der Waals surface area contributed by atoms with Crippen LogP contribution >= 0.6 is 0 Å². The Morgan fingerprint density at radius 1 is 1.27 bits per heavy atom. The number of amides is 1. The van der Waals surface area contributed by atoms with Crippen LogP contribution in [0.5, 0.6) is 5.75 Å². The van der Waals surface area contributed by atoms with E-state index in [1.807, 2.05) is 44.2 Å². The van der Waals surface area contributed by atoms with Gasteiger partial charge in [-0.2, -0.15) is 0 Å². The van der Waals surface area contributed by atoms with Gasteiger partial charge in [-0.05, 0) is 61.9 Å². The molecule has 1 heterocycles. The van der Waals surface area contributed by atoms with E-state index in [9.17, 15) is 9.90 Å². The summed E-state index contributed by atoms with van der Waals surface area (Å²) < 4.78 is 6.30. The Labute approximate surface area is 155 Å². The zero-order valence-electron chi connectivity index (χ0n) is 15.9. The maximum Gasteiger partial charge on any atom is 0.261 e. The molecule has 0 aliphatic carbocycles. The van der Waals surface area contributed by atoms with E-state index in [2.05, 4.69) is 13.0 Å². The predicted molar refractivity (Wildman–Crippen MR) is 102 cm³/mol. The van der Waals surface area contributed by atoms with E-state index in [0.717, 1.165) is 33.6 Å². The van der Waals surface area contributed by atoms with Gasteiger partial charge in [0.25, 0.3) is 5.91 Å². The van der Waals surface area contributed by atoms with E-state index < -0.39 is 11.5 Å². The van der Waals surface area contributed by atoms with Crippen LogP contribution in [0.2, 0.25) is 0 Å². The number of aliphatic hydroxyl groups excluding tert-OH is 1. The lowest BCUT2D eigenvalue weighted by molar-refractivity contribution is -0.139. The second kappa shape index (κ2) is 6.76. The summed E-state index contributed by atoms with van der Waals surface area (Å²) in [5, 5.41) is 10.2. The lowest BCUT2D eigenvalue weighted by Gasteiger charge is -2.44. The van der Waals surface area contributed by atoms with Gasteiger partial charge in [-0.25, -0.2) is 0 Å². The molecule has 138 valence electrons. The Bertz CT molecular complexity index is 831. The first kappa shape index (κ1) is 18.5. The fraction of sp³-hybridized carbons (Fsp3) is 0.409. The summed E-state index contributed by atoms with van der Waals surface area (Å²) in [7, 11) is 0. The van der Waals surface area contributed by atoms with Crippen molar-refractivity contribution < 1.29 is 14.6 Å². The number of fused-ring (bicyclic) bond motifs is 1. The molecule has 0 radical (unpaired) electrons. The van der Waals surface area contributed by atoms with Gasteiger partial charge in [0.05, 0.1) is 6.61 Å². The summed E-state index contributed by atoms with van der Waals surface area (Å²) in [6, 6.07) is 11.9. The molecule has 0 aromatic heterocycles. The van der Waals surface area contributed by atoms with Gasteiger partial charge >= 0.3 is 0 Å². The number of benzene rings is 2. The molecule has 3 atom stereocenters. The van der Waals surface area contributed by atoms with Gasteiger partial charge in [-0.15, -0.1) is 0 Å². The van der Waals surface area contributed by atoms with Crippen LogP contribution in [0.3, 0.4) is 0 Å². The largest absolute Gasteiger partial charge is 0.477 e. The molecule has 0 saturated carbocycles. The van der Waals surface area contributed by atoms with Gasteiger partial charge < -0.3 is 15.6 Å². The molecule has 1 amide bonds. The number of rotatable bonds is 4. The van der Waals surface area contributed by atoms with Crippen molar-refractivity contribution in [2.45, 2.75) is 45.6 Å². The third kappa shape index (κ3) is 2.88. The van der Waals surface area contributed by atoms with Crippen molar-refractivity contribution >= 4 is 5.91 Å². The molecule has 3 rings (SSSR count). The number of primary amides is 1. The average Bonchev–Trinajstić information content (AvgIpc) is 2.62. The van der Waals surface area contributed by atoms with Crippen molar-refractivity contribution in [1.82, 2.24) is 0 Å². The lowest BCUT2D eigenvalue weighted by atomic mass is 9.70. The van der Waals surface area contributed by atoms with Gasteiger partial charge in [0.15, 0.2) is 5.60 Å². The van der Waals surface area contributed by atoms with Gasteiger partial charge in [-0.1, -0.05) is 36.4 Å². The van der Waals surface area contributed by atoms with Crippen LogP contribution in [0.1, 0.15) is 40.7 Å². The van der Waals surface area contributed by atoms with Crippen LogP contribution in [0.25, 0.3) is 0 Å². The SMILES string of the molecule is Cc1cc(C)c2c(c1C)OC(C)(C(N)=O)C([C@H](CO)c1ccccc1)C2. The molecule has 0 spiro atoms. The number of nitrogens with two attached hydrogens (primary N) is 1. The highest BCUT2D eigenvalue weighted by molar-refractivity contribution is 5.84. The molecule has 0 bridgehead atoms. The Balaban J connectivity index is 2.15. The molecule has 1 aliphatic rings. The highest BCUT2D eigenvalue weighted by atomic mass is 16.5. The summed E-state index contributed by atoms with van der Waals surface area (Å²) in [5.74, 6) is -0.213. The zero-order valence-corrected chi connectivity index (χ0v) is 15.9. The second-order valence-electron chi connectivity index (χ2n) is 7.53. The summed E-state index contributed by atoms with van der Waals surface area (Å²) in [6.45, 7) is 7.80. The quantitative estimate of drug-likeness (QED) is 0.887. The fourth-order valence-electron chi connectivity index (χ4n) is 4.12. The summed E-state index contributed by atoms with van der Waals surface area (Å²) in [4.78, 5) is 12.4. The van der Waals surface area contributed by atoms with Crippen LogP contribution in [0, 0.1) is 26.7 Å². The molecule has 26 heavy (non-hydrogen) atoms. The maximum absolute atomic E-state index is 12.4. The van der Waals surface area contributed by atoms with Crippen molar-refractivity contribution in [3.63, 3.8) is 0 Å². The number of hydrogen-bond donors (Lipinski definition) is 2. The number of carbonyl (C=O) groups excluding carboxylic acids is 1. The number of hydrogen-bond acceptors (Lipinski definition) is 3. The highest BCUT2D eigenvalue weighted by Crippen LogP contribution is 2.46. The molecule has 4 nitrogen and oxygen atoms in total. The van der Waals surface area contributed by atoms with E-state index in [-0.39, 0.29) is 18.4 Å². The minimum absolute atomic E-state index is 0.0693. The van der Waals surface area contributed by atoms with Gasteiger partial charge in [0.2, 0.25) is 0 Å². The van der Waals surface area contributed by atoms with E-state index in [0.29, 0.717) is 6.42 Å². The number of ether oxygens (including phenoxy) is 1. The Morgan fingerprint density at radius 2 is 1.92 bits per heavy atom. The van der Waals surface area contributed by atoms with Crippen molar-refractivity contribution in [2.24, 2.45) is 11.7 Å². The van der Waals surface area contributed by atoms with Crippen molar-refractivity contribution in [3.05, 3.63) is 64.2 Å². The lowest BCUT2D eigenvalue weighted by Crippen LogP contribution is -2.57.